The van der Waals surface area contributed by atoms with Crippen molar-refractivity contribution in [2.45, 2.75) is 19.9 Å². The van der Waals surface area contributed by atoms with Gasteiger partial charge in [-0.1, -0.05) is 12.1 Å². The number of hydrogen-bond donors (Lipinski definition) is 1. The fourth-order valence-corrected chi connectivity index (χ4v) is 2.20. The van der Waals surface area contributed by atoms with Crippen molar-refractivity contribution in [1.82, 2.24) is 24.8 Å². The molecule has 1 saturated heterocycles. The van der Waals surface area contributed by atoms with Crippen LogP contribution in [-0.2, 0) is 13.0 Å². The summed E-state index contributed by atoms with van der Waals surface area (Å²) in [5.74, 6) is 0.575. The maximum atomic E-state index is 5.76. The maximum absolute atomic E-state index is 5.76. The molecule has 2 N–H and O–H groups in total. The Kier molecular flexibility index (Phi) is 3.96. The molecule has 6 nitrogen and oxygen atoms in total. The van der Waals surface area contributed by atoms with E-state index in [0.29, 0.717) is 5.82 Å². The van der Waals surface area contributed by atoms with Crippen molar-refractivity contribution < 1.29 is 0 Å². The third-order valence-corrected chi connectivity index (χ3v) is 3.43. The average molecular weight is 238 g/mol. The van der Waals surface area contributed by atoms with E-state index in [1.165, 1.54) is 0 Å². The molecule has 1 fully saturated rings. The standard InChI is InChI=1S/C11H22N6/c1-3-10-11(12)13-14-17(10)9-8-16-6-4-15(2)5-7-16/h3-9,12H2,1-2H3. The Morgan fingerprint density at radius 2 is 1.88 bits per heavy atom. The van der Waals surface area contributed by atoms with Gasteiger partial charge in [0, 0.05) is 32.7 Å². The Labute approximate surface area is 102 Å². The fraction of sp³-hybridized carbons (Fsp3) is 0.818. The lowest BCUT2D eigenvalue weighted by Gasteiger charge is -2.32. The number of hydrogen-bond acceptors (Lipinski definition) is 5. The van der Waals surface area contributed by atoms with E-state index in [9.17, 15) is 0 Å². The molecule has 1 aliphatic rings. The summed E-state index contributed by atoms with van der Waals surface area (Å²) in [6, 6.07) is 0. The van der Waals surface area contributed by atoms with E-state index in [1.54, 1.807) is 0 Å². The first-order chi connectivity index (χ1) is 8.20. The molecular weight excluding hydrogens is 216 g/mol. The minimum atomic E-state index is 0.575. The number of piperazine rings is 1. The molecule has 17 heavy (non-hydrogen) atoms. The van der Waals surface area contributed by atoms with Gasteiger partial charge in [0.1, 0.15) is 0 Å². The highest BCUT2D eigenvalue weighted by atomic mass is 15.4. The summed E-state index contributed by atoms with van der Waals surface area (Å²) >= 11 is 0. The van der Waals surface area contributed by atoms with E-state index in [-0.39, 0.29) is 0 Å². The molecule has 1 aromatic heterocycles. The Morgan fingerprint density at radius 3 is 2.53 bits per heavy atom. The van der Waals surface area contributed by atoms with Crippen molar-refractivity contribution >= 4 is 5.82 Å². The SMILES string of the molecule is CCc1c(N)nnn1CCN1CCN(C)CC1. The molecule has 0 atom stereocenters. The molecule has 0 aromatic carbocycles. The summed E-state index contributed by atoms with van der Waals surface area (Å²) in [5.41, 5.74) is 6.82. The summed E-state index contributed by atoms with van der Waals surface area (Å²) in [6.45, 7) is 8.59. The van der Waals surface area contributed by atoms with Gasteiger partial charge in [0.15, 0.2) is 5.82 Å². The highest BCUT2D eigenvalue weighted by Crippen LogP contribution is 2.08. The number of rotatable bonds is 4. The molecule has 6 heteroatoms. The number of nitrogens with two attached hydrogens (primary N) is 1. The molecule has 2 rings (SSSR count). The third-order valence-electron chi connectivity index (χ3n) is 3.43. The second kappa shape index (κ2) is 5.46. The van der Waals surface area contributed by atoms with Crippen LogP contribution in [0.1, 0.15) is 12.6 Å². The van der Waals surface area contributed by atoms with Crippen molar-refractivity contribution in [3.63, 3.8) is 0 Å². The van der Waals surface area contributed by atoms with Gasteiger partial charge >= 0.3 is 0 Å². The van der Waals surface area contributed by atoms with Gasteiger partial charge in [0.25, 0.3) is 0 Å². The molecule has 0 radical (unpaired) electrons. The molecule has 1 aliphatic heterocycles. The number of nitrogens with zero attached hydrogens (tertiary/aromatic N) is 5. The van der Waals surface area contributed by atoms with E-state index < -0.39 is 0 Å². The number of nitrogen functional groups attached to an aromatic ring is 1. The molecule has 0 amide bonds. The van der Waals surface area contributed by atoms with E-state index in [0.717, 1.165) is 51.4 Å². The van der Waals surface area contributed by atoms with Crippen LogP contribution < -0.4 is 5.73 Å². The molecule has 1 aromatic rings. The van der Waals surface area contributed by atoms with Crippen molar-refractivity contribution in [2.75, 3.05) is 45.5 Å². The predicted octanol–water partition coefficient (Wildman–Crippen LogP) is -0.330. The minimum absolute atomic E-state index is 0.575. The Balaban J connectivity index is 1.85. The molecule has 0 unspecified atom stereocenters. The zero-order chi connectivity index (χ0) is 12.3. The van der Waals surface area contributed by atoms with Gasteiger partial charge in [-0.25, -0.2) is 4.68 Å². The molecule has 2 heterocycles. The lowest BCUT2D eigenvalue weighted by Crippen LogP contribution is -2.45. The number of likely N-dealkylation sites (N-methyl/N-ethyl adjacent to an activating group) is 1. The molecular formula is C11H22N6. The third kappa shape index (κ3) is 2.95. The molecule has 0 aliphatic carbocycles. The minimum Gasteiger partial charge on any atom is -0.381 e. The zero-order valence-electron chi connectivity index (χ0n) is 10.8. The molecule has 0 saturated carbocycles. The van der Waals surface area contributed by atoms with Crippen LogP contribution in [0.5, 0.6) is 0 Å². The molecule has 96 valence electrons. The largest absolute Gasteiger partial charge is 0.381 e. The monoisotopic (exact) mass is 238 g/mol. The molecule has 0 bridgehead atoms. The lowest BCUT2D eigenvalue weighted by molar-refractivity contribution is 0.148. The second-order valence-electron chi connectivity index (χ2n) is 4.64. The summed E-state index contributed by atoms with van der Waals surface area (Å²) < 4.78 is 1.94. The first-order valence-corrected chi connectivity index (χ1v) is 6.29. The van der Waals surface area contributed by atoms with Crippen molar-refractivity contribution in [1.29, 1.82) is 0 Å². The van der Waals surface area contributed by atoms with Crippen LogP contribution in [0.15, 0.2) is 0 Å². The van der Waals surface area contributed by atoms with Gasteiger partial charge in [-0.3, -0.25) is 4.90 Å². The smallest absolute Gasteiger partial charge is 0.169 e. The topological polar surface area (TPSA) is 63.2 Å². The van der Waals surface area contributed by atoms with E-state index in [4.69, 9.17) is 5.73 Å². The highest BCUT2D eigenvalue weighted by molar-refractivity contribution is 5.32. The van der Waals surface area contributed by atoms with Gasteiger partial charge in [0.05, 0.1) is 12.2 Å². The van der Waals surface area contributed by atoms with Gasteiger partial charge in [-0.15, -0.1) is 5.10 Å². The maximum Gasteiger partial charge on any atom is 0.169 e. The van der Waals surface area contributed by atoms with Crippen LogP contribution in [0.3, 0.4) is 0 Å². The van der Waals surface area contributed by atoms with Gasteiger partial charge in [-0.05, 0) is 13.5 Å². The van der Waals surface area contributed by atoms with Crippen LogP contribution in [0.25, 0.3) is 0 Å². The summed E-state index contributed by atoms with van der Waals surface area (Å²) in [4.78, 5) is 4.83. The second-order valence-corrected chi connectivity index (χ2v) is 4.64. The first kappa shape index (κ1) is 12.3. The zero-order valence-corrected chi connectivity index (χ0v) is 10.8. The Morgan fingerprint density at radius 1 is 1.18 bits per heavy atom. The normalized spacial score (nSPS) is 18.7. The summed E-state index contributed by atoms with van der Waals surface area (Å²) in [6.07, 6.45) is 0.890. The summed E-state index contributed by atoms with van der Waals surface area (Å²) in [7, 11) is 2.17. The van der Waals surface area contributed by atoms with Crippen LogP contribution in [0.4, 0.5) is 5.82 Å². The summed E-state index contributed by atoms with van der Waals surface area (Å²) in [5, 5.41) is 8.02. The first-order valence-electron chi connectivity index (χ1n) is 6.29. The van der Waals surface area contributed by atoms with E-state index >= 15 is 0 Å². The van der Waals surface area contributed by atoms with Gasteiger partial charge < -0.3 is 10.6 Å². The average Bonchev–Trinajstić information content (AvgIpc) is 2.69. The Hall–Kier alpha value is -1.14. The van der Waals surface area contributed by atoms with Crippen molar-refractivity contribution in [3.05, 3.63) is 5.69 Å². The van der Waals surface area contributed by atoms with Crippen LogP contribution in [-0.4, -0.2) is 64.6 Å². The number of aromatic nitrogens is 3. The lowest BCUT2D eigenvalue weighted by atomic mass is 10.3. The predicted molar refractivity (Wildman–Crippen MR) is 67.7 cm³/mol. The van der Waals surface area contributed by atoms with Crippen molar-refractivity contribution in [3.8, 4) is 0 Å². The molecule has 0 spiro atoms. The van der Waals surface area contributed by atoms with Crippen LogP contribution in [0, 0.1) is 0 Å². The highest BCUT2D eigenvalue weighted by Gasteiger charge is 2.14. The Bertz CT molecular complexity index is 353. The van der Waals surface area contributed by atoms with Crippen molar-refractivity contribution in [2.24, 2.45) is 0 Å². The fourth-order valence-electron chi connectivity index (χ4n) is 2.20. The quantitative estimate of drug-likeness (QED) is 0.778. The van der Waals surface area contributed by atoms with Gasteiger partial charge in [-0.2, -0.15) is 0 Å². The van der Waals surface area contributed by atoms with E-state index in [1.807, 2.05) is 4.68 Å². The number of anilines is 1. The van der Waals surface area contributed by atoms with E-state index in [2.05, 4.69) is 34.1 Å². The van der Waals surface area contributed by atoms with Crippen LogP contribution >= 0.6 is 0 Å². The van der Waals surface area contributed by atoms with Crippen LogP contribution in [0.2, 0.25) is 0 Å². The van der Waals surface area contributed by atoms with Gasteiger partial charge in [0.2, 0.25) is 0 Å².